The first-order valence-electron chi connectivity index (χ1n) is 8.82. The highest BCUT2D eigenvalue weighted by Crippen LogP contribution is 2.15. The first-order valence-corrected chi connectivity index (χ1v) is 10.3. The van der Waals surface area contributed by atoms with Crippen molar-refractivity contribution in [3.05, 3.63) is 12.2 Å². The average molecular weight is 360 g/mol. The lowest BCUT2D eigenvalue weighted by molar-refractivity contribution is -0.861. The number of unbranched alkanes of at least 4 members (excludes halogenated alkanes) is 5. The van der Waals surface area contributed by atoms with E-state index in [0.717, 1.165) is 12.8 Å². The van der Waals surface area contributed by atoms with Gasteiger partial charge in [0.1, 0.15) is 12.8 Å². The molecule has 140 valence electrons. The molecule has 0 aromatic carbocycles. The van der Waals surface area contributed by atoms with Gasteiger partial charge in [-0.1, -0.05) is 45.6 Å². The standard InChI is InChI=1S/C18H34NO4P/c1-6-7-8-9-10-11-12-16(2)18(21)23-13-14-24(22)17(20)15-19(3,4)5/h2,6-15H2,1,3-5H3/p+1. The van der Waals surface area contributed by atoms with Gasteiger partial charge in [-0.15, -0.1) is 0 Å². The van der Waals surface area contributed by atoms with E-state index in [1.807, 2.05) is 21.1 Å². The Labute approximate surface area is 148 Å². The Morgan fingerprint density at radius 3 is 2.33 bits per heavy atom. The molecule has 0 radical (unpaired) electrons. The number of quaternary nitrogens is 1. The molecule has 0 saturated carbocycles. The molecule has 0 aromatic rings. The van der Waals surface area contributed by atoms with E-state index in [9.17, 15) is 14.8 Å². The summed E-state index contributed by atoms with van der Waals surface area (Å²) in [5.41, 5.74) is 0.444. The third-order valence-electron chi connectivity index (χ3n) is 3.55. The molecule has 1 unspecified atom stereocenters. The summed E-state index contributed by atoms with van der Waals surface area (Å²) in [4.78, 5) is 23.7. The molecule has 0 aliphatic carbocycles. The van der Waals surface area contributed by atoms with Crippen LogP contribution in [0.5, 0.6) is 0 Å². The minimum atomic E-state index is -1.88. The van der Waals surface area contributed by atoms with Gasteiger partial charge in [0, 0.05) is 5.57 Å². The van der Waals surface area contributed by atoms with Gasteiger partial charge in [-0.05, 0) is 12.8 Å². The van der Waals surface area contributed by atoms with Gasteiger partial charge < -0.3 is 19.2 Å². The van der Waals surface area contributed by atoms with E-state index in [4.69, 9.17) is 4.74 Å². The summed E-state index contributed by atoms with van der Waals surface area (Å²) in [5.74, 6) is -0.418. The molecule has 0 fully saturated rings. The van der Waals surface area contributed by atoms with E-state index >= 15 is 0 Å². The Kier molecular flexibility index (Phi) is 12.2. The molecule has 1 N–H and O–H groups in total. The Morgan fingerprint density at radius 2 is 1.75 bits per heavy atom. The highest BCUT2D eigenvalue weighted by atomic mass is 31.1. The second-order valence-corrected chi connectivity index (χ2v) is 8.94. The molecule has 0 heterocycles. The van der Waals surface area contributed by atoms with Crippen molar-refractivity contribution in [2.75, 3.05) is 40.5 Å². The molecule has 0 saturated heterocycles. The van der Waals surface area contributed by atoms with Gasteiger partial charge in [-0.25, -0.2) is 4.79 Å². The van der Waals surface area contributed by atoms with E-state index in [1.165, 1.54) is 25.7 Å². The minimum Gasteiger partial charge on any atom is -0.628 e. The summed E-state index contributed by atoms with van der Waals surface area (Å²) in [6.45, 7) is 6.33. The first-order chi connectivity index (χ1) is 11.2. The molecule has 0 aliphatic heterocycles. The predicted octanol–water partition coefficient (Wildman–Crippen LogP) is 2.80. The molecule has 0 aromatic heterocycles. The number of aliphatic hydroxyl groups excluding tert-OH is 1. The fourth-order valence-electron chi connectivity index (χ4n) is 2.18. The summed E-state index contributed by atoms with van der Waals surface area (Å²) >= 11 is 0. The Hall–Kier alpha value is -0.740. The third-order valence-corrected chi connectivity index (χ3v) is 4.86. The van der Waals surface area contributed by atoms with E-state index < -0.39 is 13.7 Å². The van der Waals surface area contributed by atoms with Crippen molar-refractivity contribution in [1.82, 2.24) is 0 Å². The molecule has 1 atom stereocenters. The lowest BCUT2D eigenvalue weighted by Crippen LogP contribution is -2.39. The van der Waals surface area contributed by atoms with Crippen molar-refractivity contribution in [3.63, 3.8) is 0 Å². The maximum Gasteiger partial charge on any atom is 0.333 e. The topological polar surface area (TPSA) is 69.6 Å². The monoisotopic (exact) mass is 360 g/mol. The van der Waals surface area contributed by atoms with Crippen molar-refractivity contribution in [1.29, 1.82) is 0 Å². The summed E-state index contributed by atoms with van der Waals surface area (Å²) in [6, 6.07) is 0. The summed E-state index contributed by atoms with van der Waals surface area (Å²) in [5, 5.41) is 9.79. The quantitative estimate of drug-likeness (QED) is 0.180. The Morgan fingerprint density at radius 1 is 1.17 bits per heavy atom. The van der Waals surface area contributed by atoms with Gasteiger partial charge in [0.25, 0.3) is 5.48 Å². The second kappa shape index (κ2) is 12.6. The first kappa shape index (κ1) is 23.3. The van der Waals surface area contributed by atoms with Crippen molar-refractivity contribution >= 4 is 19.2 Å². The van der Waals surface area contributed by atoms with Crippen LogP contribution in [0.2, 0.25) is 0 Å². The maximum atomic E-state index is 11.9. The molecule has 0 amide bonds. The van der Waals surface area contributed by atoms with E-state index in [1.54, 1.807) is 0 Å². The zero-order chi connectivity index (χ0) is 18.6. The minimum absolute atomic E-state index is 0.0283. The molecule has 0 bridgehead atoms. The van der Waals surface area contributed by atoms with Crippen molar-refractivity contribution in [3.8, 4) is 0 Å². The molecular weight excluding hydrogens is 325 g/mol. The Bertz CT molecular complexity index is 427. The van der Waals surface area contributed by atoms with Crippen LogP contribution in [0.25, 0.3) is 0 Å². The molecule has 0 aliphatic rings. The van der Waals surface area contributed by atoms with E-state index in [2.05, 4.69) is 13.5 Å². The van der Waals surface area contributed by atoms with Crippen molar-refractivity contribution in [2.24, 2.45) is 0 Å². The van der Waals surface area contributed by atoms with E-state index in [0.29, 0.717) is 23.0 Å². The van der Waals surface area contributed by atoms with Crippen molar-refractivity contribution < 1.29 is 24.0 Å². The number of rotatable bonds is 13. The summed E-state index contributed by atoms with van der Waals surface area (Å²) in [6.07, 6.45) is 7.77. The number of carbonyl (C=O) groups excluding carboxylic acids is 1. The number of hydrogen-bond donors (Lipinski definition) is 1. The molecule has 5 nitrogen and oxygen atoms in total. The predicted molar refractivity (Wildman–Crippen MR) is 99.7 cm³/mol. The van der Waals surface area contributed by atoms with Gasteiger partial charge in [-0.3, -0.25) is 0 Å². The number of likely N-dealkylation sites (N-methyl/N-ethyl adjacent to an activating group) is 1. The molecular formula is C18H35NO4P+. The highest BCUT2D eigenvalue weighted by molar-refractivity contribution is 7.51. The lowest BCUT2D eigenvalue weighted by Gasteiger charge is -2.22. The number of aliphatic hydroxyl groups is 1. The number of esters is 1. The van der Waals surface area contributed by atoms with Crippen LogP contribution >= 0.6 is 7.77 Å². The maximum absolute atomic E-state index is 11.9. The van der Waals surface area contributed by atoms with Gasteiger partial charge in [0.2, 0.25) is 0 Å². The van der Waals surface area contributed by atoms with Crippen molar-refractivity contribution in [2.45, 2.75) is 51.9 Å². The fraction of sp³-hybridized carbons (Fsp3) is 0.778. The average Bonchev–Trinajstić information content (AvgIpc) is 2.48. The van der Waals surface area contributed by atoms with Crippen LogP contribution in [-0.4, -0.2) is 61.5 Å². The largest absolute Gasteiger partial charge is 0.628 e. The smallest absolute Gasteiger partial charge is 0.333 e. The highest BCUT2D eigenvalue weighted by Gasteiger charge is 2.18. The molecule has 24 heavy (non-hydrogen) atoms. The molecule has 0 rings (SSSR count). The number of ether oxygens (including phenoxy) is 1. The second-order valence-electron chi connectivity index (χ2n) is 7.22. The lowest BCUT2D eigenvalue weighted by atomic mass is 10.1. The summed E-state index contributed by atoms with van der Waals surface area (Å²) < 4.78 is 5.60. The SMILES string of the molecule is C=C(CCCCCCCC)C(=O)OCC[P+]([O-])=C(O)C[N+](C)(C)C. The summed E-state index contributed by atoms with van der Waals surface area (Å²) in [7, 11) is 3.85. The molecule has 0 spiro atoms. The van der Waals surface area contributed by atoms with Crippen LogP contribution in [0.4, 0.5) is 0 Å². The fourth-order valence-corrected chi connectivity index (χ4v) is 3.27. The van der Waals surface area contributed by atoms with Gasteiger partial charge in [-0.2, -0.15) is 0 Å². The zero-order valence-electron chi connectivity index (χ0n) is 15.8. The van der Waals surface area contributed by atoms with Crippen LogP contribution in [0.15, 0.2) is 12.2 Å². The number of hydrogen-bond acceptors (Lipinski definition) is 3. The van der Waals surface area contributed by atoms with Crippen LogP contribution in [0.1, 0.15) is 51.9 Å². The molecule has 6 heteroatoms. The Balaban J connectivity index is 3.95. The number of nitrogens with zero attached hydrogens (tertiary/aromatic N) is 1. The van der Waals surface area contributed by atoms with Gasteiger partial charge in [0.15, 0.2) is 6.54 Å². The van der Waals surface area contributed by atoms with Crippen LogP contribution in [0, 0.1) is 0 Å². The van der Waals surface area contributed by atoms with Gasteiger partial charge >= 0.3 is 5.97 Å². The normalized spacial score (nSPS) is 12.8. The third kappa shape index (κ3) is 12.7. The van der Waals surface area contributed by atoms with Crippen LogP contribution in [0.3, 0.4) is 0 Å². The van der Waals surface area contributed by atoms with Crippen LogP contribution < -0.4 is 4.89 Å². The van der Waals surface area contributed by atoms with Gasteiger partial charge in [0.05, 0.1) is 28.9 Å². The number of carbonyl (C=O) groups is 1. The van der Waals surface area contributed by atoms with Crippen LogP contribution in [-0.2, 0) is 9.53 Å². The van der Waals surface area contributed by atoms with E-state index in [-0.39, 0.29) is 18.2 Å². The zero-order valence-corrected chi connectivity index (χ0v) is 16.7.